The van der Waals surface area contributed by atoms with Crippen LogP contribution in [0.25, 0.3) is 0 Å². The summed E-state index contributed by atoms with van der Waals surface area (Å²) in [5, 5.41) is 3.71. The highest BCUT2D eigenvalue weighted by Crippen LogP contribution is 2.12. The minimum Gasteiger partial charge on any atom is -0.381 e. The summed E-state index contributed by atoms with van der Waals surface area (Å²) in [6, 6.07) is 0.675. The summed E-state index contributed by atoms with van der Waals surface area (Å²) >= 11 is 0. The Kier molecular flexibility index (Phi) is 9.48. The van der Waals surface area contributed by atoms with E-state index in [1.54, 1.807) is 0 Å². The Morgan fingerprint density at radius 1 is 1.26 bits per heavy atom. The Morgan fingerprint density at radius 2 is 2.05 bits per heavy atom. The van der Waals surface area contributed by atoms with Crippen LogP contribution in [0.3, 0.4) is 0 Å². The van der Waals surface area contributed by atoms with Gasteiger partial charge in [-0.1, -0.05) is 33.6 Å². The van der Waals surface area contributed by atoms with Gasteiger partial charge in [-0.15, -0.1) is 0 Å². The van der Waals surface area contributed by atoms with E-state index in [0.29, 0.717) is 6.04 Å². The van der Waals surface area contributed by atoms with Crippen molar-refractivity contribution < 1.29 is 4.74 Å². The van der Waals surface area contributed by atoms with E-state index in [-0.39, 0.29) is 0 Å². The molecule has 0 radical (unpaired) electrons. The van der Waals surface area contributed by atoms with Gasteiger partial charge in [0.05, 0.1) is 0 Å². The van der Waals surface area contributed by atoms with Gasteiger partial charge in [0.25, 0.3) is 0 Å². The zero-order valence-electron chi connectivity index (χ0n) is 13.3. The average molecular weight is 270 g/mol. The Labute approximate surface area is 120 Å². The Hall–Kier alpha value is -0.120. The molecule has 0 aliphatic carbocycles. The lowest BCUT2D eigenvalue weighted by Crippen LogP contribution is -2.42. The molecule has 19 heavy (non-hydrogen) atoms. The minimum atomic E-state index is 0.675. The van der Waals surface area contributed by atoms with Crippen LogP contribution in [0.1, 0.15) is 52.9 Å². The van der Waals surface area contributed by atoms with Crippen molar-refractivity contribution in [1.29, 1.82) is 0 Å². The van der Waals surface area contributed by atoms with Crippen molar-refractivity contribution in [3.05, 3.63) is 0 Å². The van der Waals surface area contributed by atoms with E-state index in [2.05, 4.69) is 31.0 Å². The molecule has 0 saturated carbocycles. The molecule has 0 spiro atoms. The number of ether oxygens (including phenoxy) is 1. The monoisotopic (exact) mass is 270 g/mol. The first-order valence-corrected chi connectivity index (χ1v) is 8.31. The van der Waals surface area contributed by atoms with Crippen molar-refractivity contribution >= 4 is 0 Å². The van der Waals surface area contributed by atoms with E-state index in [1.807, 2.05) is 0 Å². The van der Waals surface area contributed by atoms with Crippen molar-refractivity contribution in [1.82, 2.24) is 10.2 Å². The van der Waals surface area contributed by atoms with Gasteiger partial charge < -0.3 is 15.0 Å². The van der Waals surface area contributed by atoms with Gasteiger partial charge in [-0.2, -0.15) is 0 Å². The fourth-order valence-electron chi connectivity index (χ4n) is 2.63. The second-order valence-corrected chi connectivity index (χ2v) is 5.92. The van der Waals surface area contributed by atoms with Crippen molar-refractivity contribution in [2.45, 2.75) is 58.9 Å². The summed E-state index contributed by atoms with van der Waals surface area (Å²) in [5.74, 6) is 0.779. The number of nitrogens with one attached hydrogen (secondary N) is 1. The fraction of sp³-hybridized carbons (Fsp3) is 1.00. The molecule has 114 valence electrons. The second kappa shape index (κ2) is 10.6. The molecule has 1 aliphatic heterocycles. The van der Waals surface area contributed by atoms with Crippen LogP contribution in [-0.2, 0) is 4.74 Å². The van der Waals surface area contributed by atoms with Crippen molar-refractivity contribution in [3.8, 4) is 0 Å². The van der Waals surface area contributed by atoms with Gasteiger partial charge >= 0.3 is 0 Å². The number of nitrogens with zero attached hydrogens (tertiary/aromatic N) is 1. The molecule has 0 aromatic rings. The smallest absolute Gasteiger partial charge is 0.0478 e. The maximum absolute atomic E-state index is 5.65. The second-order valence-electron chi connectivity index (χ2n) is 5.92. The van der Waals surface area contributed by atoms with E-state index in [0.717, 1.165) is 19.1 Å². The first-order valence-electron chi connectivity index (χ1n) is 8.31. The summed E-state index contributed by atoms with van der Waals surface area (Å²) < 4.78 is 5.65. The normalized spacial score (nSPS) is 23.2. The third-order valence-corrected chi connectivity index (χ3v) is 4.25. The van der Waals surface area contributed by atoms with E-state index >= 15 is 0 Å². The minimum absolute atomic E-state index is 0.675. The first kappa shape index (κ1) is 16.9. The zero-order chi connectivity index (χ0) is 13.9. The van der Waals surface area contributed by atoms with Crippen LogP contribution in [0.5, 0.6) is 0 Å². The van der Waals surface area contributed by atoms with Crippen molar-refractivity contribution in [2.75, 3.05) is 39.4 Å². The number of unbranched alkanes of at least 4 members (excludes halogenated alkanes) is 1. The molecule has 1 fully saturated rings. The molecule has 0 bridgehead atoms. The van der Waals surface area contributed by atoms with Crippen LogP contribution in [0.2, 0.25) is 0 Å². The molecule has 1 N–H and O–H groups in total. The topological polar surface area (TPSA) is 24.5 Å². The number of rotatable bonds is 9. The standard InChI is InChI=1S/C16H34N2O/c1-4-6-12-19-13-8-11-18-10-7-9-17-16(14-18)15(3)5-2/h15-17H,4-14H2,1-3H3. The largest absolute Gasteiger partial charge is 0.381 e. The van der Waals surface area contributed by atoms with Crippen LogP contribution >= 0.6 is 0 Å². The van der Waals surface area contributed by atoms with Crippen molar-refractivity contribution in [3.63, 3.8) is 0 Å². The SMILES string of the molecule is CCCCOCCCN1CCCNC(C(C)CC)C1. The maximum atomic E-state index is 5.65. The van der Waals surface area contributed by atoms with E-state index < -0.39 is 0 Å². The predicted octanol–water partition coefficient (Wildman–Crippen LogP) is 2.90. The van der Waals surface area contributed by atoms with Crippen LogP contribution in [0.15, 0.2) is 0 Å². The highest BCUT2D eigenvalue weighted by Gasteiger charge is 2.21. The lowest BCUT2D eigenvalue weighted by molar-refractivity contribution is 0.116. The highest BCUT2D eigenvalue weighted by atomic mass is 16.5. The summed E-state index contributed by atoms with van der Waals surface area (Å²) in [6.45, 7) is 13.6. The molecule has 3 nitrogen and oxygen atoms in total. The molecule has 1 aliphatic rings. The van der Waals surface area contributed by atoms with E-state index in [1.165, 1.54) is 58.3 Å². The van der Waals surface area contributed by atoms with Gasteiger partial charge in [-0.05, 0) is 38.3 Å². The van der Waals surface area contributed by atoms with Gasteiger partial charge in [0.1, 0.15) is 0 Å². The molecule has 0 amide bonds. The highest BCUT2D eigenvalue weighted by molar-refractivity contribution is 4.80. The Balaban J connectivity index is 2.16. The Bertz CT molecular complexity index is 211. The molecule has 0 aromatic heterocycles. The molecule has 1 rings (SSSR count). The van der Waals surface area contributed by atoms with Gasteiger partial charge in [0, 0.05) is 32.3 Å². The predicted molar refractivity (Wildman–Crippen MR) is 82.6 cm³/mol. The quantitative estimate of drug-likeness (QED) is 0.652. The van der Waals surface area contributed by atoms with Crippen LogP contribution in [0.4, 0.5) is 0 Å². The molecular formula is C16H34N2O. The summed E-state index contributed by atoms with van der Waals surface area (Å²) in [7, 11) is 0. The molecule has 1 heterocycles. The zero-order valence-corrected chi connectivity index (χ0v) is 13.3. The van der Waals surface area contributed by atoms with E-state index in [9.17, 15) is 0 Å². The lowest BCUT2D eigenvalue weighted by atomic mass is 9.99. The van der Waals surface area contributed by atoms with Crippen LogP contribution in [-0.4, -0.2) is 50.3 Å². The van der Waals surface area contributed by atoms with E-state index in [4.69, 9.17) is 4.74 Å². The molecule has 0 aromatic carbocycles. The lowest BCUT2D eigenvalue weighted by Gasteiger charge is -2.28. The number of hydrogen-bond donors (Lipinski definition) is 1. The molecule has 3 heteroatoms. The fourth-order valence-corrected chi connectivity index (χ4v) is 2.63. The van der Waals surface area contributed by atoms with Gasteiger partial charge in [-0.3, -0.25) is 0 Å². The first-order chi connectivity index (χ1) is 9.27. The number of hydrogen-bond acceptors (Lipinski definition) is 3. The molecule has 2 atom stereocenters. The van der Waals surface area contributed by atoms with Crippen molar-refractivity contribution in [2.24, 2.45) is 5.92 Å². The summed E-state index contributed by atoms with van der Waals surface area (Å²) in [4.78, 5) is 2.63. The van der Waals surface area contributed by atoms with Gasteiger partial charge in [-0.25, -0.2) is 0 Å². The molecule has 2 unspecified atom stereocenters. The summed E-state index contributed by atoms with van der Waals surface area (Å²) in [6.07, 6.45) is 6.16. The van der Waals surface area contributed by atoms with Crippen LogP contribution in [0, 0.1) is 5.92 Å². The van der Waals surface area contributed by atoms with Gasteiger partial charge in [0.2, 0.25) is 0 Å². The molecule has 1 saturated heterocycles. The third kappa shape index (κ3) is 7.28. The maximum Gasteiger partial charge on any atom is 0.0478 e. The summed E-state index contributed by atoms with van der Waals surface area (Å²) in [5.41, 5.74) is 0. The average Bonchev–Trinajstić information content (AvgIpc) is 2.67. The van der Waals surface area contributed by atoms with Crippen LogP contribution < -0.4 is 5.32 Å². The van der Waals surface area contributed by atoms with Gasteiger partial charge in [0.15, 0.2) is 0 Å². The molecular weight excluding hydrogens is 236 g/mol. The third-order valence-electron chi connectivity index (χ3n) is 4.25. The Morgan fingerprint density at radius 3 is 2.79 bits per heavy atom.